The summed E-state index contributed by atoms with van der Waals surface area (Å²) < 4.78 is 23.2. The van der Waals surface area contributed by atoms with E-state index in [0.29, 0.717) is 28.3 Å². The summed E-state index contributed by atoms with van der Waals surface area (Å²) in [6.07, 6.45) is 3.74. The lowest BCUT2D eigenvalue weighted by atomic mass is 9.98. The third-order valence-electron chi connectivity index (χ3n) is 6.12. The first-order valence-electron chi connectivity index (χ1n) is 10.6. The van der Waals surface area contributed by atoms with Crippen molar-refractivity contribution in [1.29, 1.82) is 0 Å². The molecule has 8 heteroatoms. The number of fused-ring (bicyclic) bond motifs is 1. The van der Waals surface area contributed by atoms with Gasteiger partial charge in [0.25, 0.3) is 5.89 Å². The predicted octanol–water partition coefficient (Wildman–Crippen LogP) is 5.39. The van der Waals surface area contributed by atoms with Crippen molar-refractivity contribution in [2.45, 2.75) is 19.8 Å². The van der Waals surface area contributed by atoms with E-state index in [-0.39, 0.29) is 22.7 Å². The zero-order chi connectivity index (χ0) is 22.4. The number of hydrogen-bond acceptors (Lipinski definition) is 5. The van der Waals surface area contributed by atoms with Crippen LogP contribution in [0.1, 0.15) is 19.8 Å². The Bertz CT molecular complexity index is 1370. The molecular weight excluding hydrogens is 475 g/mol. The van der Waals surface area contributed by atoms with E-state index < -0.39 is 0 Å². The van der Waals surface area contributed by atoms with Crippen molar-refractivity contribution in [2.75, 3.05) is 18.0 Å². The van der Waals surface area contributed by atoms with E-state index in [1.54, 1.807) is 12.3 Å². The second kappa shape index (κ2) is 8.16. The molecule has 164 valence electrons. The van der Waals surface area contributed by atoms with E-state index >= 15 is 4.39 Å². The highest BCUT2D eigenvalue weighted by molar-refractivity contribution is 9.10. The van der Waals surface area contributed by atoms with Gasteiger partial charge in [-0.15, -0.1) is 0 Å². The molecule has 0 saturated carbocycles. The molecule has 0 unspecified atom stereocenters. The molecule has 2 aromatic carbocycles. The van der Waals surface area contributed by atoms with E-state index in [1.807, 2.05) is 35.9 Å². The molecule has 1 fully saturated rings. The number of hydrogen-bond donors (Lipinski definition) is 0. The number of aryl methyl sites for hydroxylation is 1. The Morgan fingerprint density at radius 1 is 1.19 bits per heavy atom. The Balaban J connectivity index is 1.57. The fourth-order valence-corrected chi connectivity index (χ4v) is 4.61. The Kier molecular flexibility index (Phi) is 5.33. The fourth-order valence-electron chi connectivity index (χ4n) is 4.21. The molecule has 3 heterocycles. The quantitative estimate of drug-likeness (QED) is 0.380. The number of benzene rings is 2. The average Bonchev–Trinajstić information content (AvgIpc) is 3.27. The van der Waals surface area contributed by atoms with Crippen LogP contribution in [0.3, 0.4) is 0 Å². The molecule has 0 spiro atoms. The number of piperidine rings is 1. The first kappa shape index (κ1) is 20.9. The van der Waals surface area contributed by atoms with E-state index in [0.717, 1.165) is 36.0 Å². The number of pyridine rings is 1. The number of nitrogens with zero attached hydrogens (tertiary/aromatic N) is 4. The van der Waals surface area contributed by atoms with E-state index in [9.17, 15) is 4.79 Å². The third kappa shape index (κ3) is 3.72. The van der Waals surface area contributed by atoms with Gasteiger partial charge in [-0.05, 0) is 43.0 Å². The van der Waals surface area contributed by atoms with Crippen molar-refractivity contribution in [2.24, 2.45) is 13.0 Å². The van der Waals surface area contributed by atoms with Crippen molar-refractivity contribution >= 4 is 32.5 Å². The highest BCUT2D eigenvalue weighted by Gasteiger charge is 2.22. The van der Waals surface area contributed by atoms with Gasteiger partial charge in [-0.3, -0.25) is 4.79 Å². The Hall–Kier alpha value is -3.00. The summed E-state index contributed by atoms with van der Waals surface area (Å²) in [4.78, 5) is 19.7. The minimum Gasteiger partial charge on any atom is -0.369 e. The molecule has 1 saturated heterocycles. The lowest BCUT2D eigenvalue weighted by Crippen LogP contribution is -2.33. The third-order valence-corrected chi connectivity index (χ3v) is 6.61. The minimum absolute atomic E-state index is 0.108. The van der Waals surface area contributed by atoms with Crippen LogP contribution in [0.25, 0.3) is 33.7 Å². The van der Waals surface area contributed by atoms with Crippen LogP contribution in [0, 0.1) is 11.7 Å². The normalized spacial score (nSPS) is 14.9. The highest BCUT2D eigenvalue weighted by Crippen LogP contribution is 2.30. The van der Waals surface area contributed by atoms with Gasteiger partial charge in [0.15, 0.2) is 0 Å². The van der Waals surface area contributed by atoms with Crippen LogP contribution in [-0.4, -0.2) is 27.8 Å². The largest absolute Gasteiger partial charge is 0.369 e. The molecular formula is C24H22BrFN4O2. The second-order valence-electron chi connectivity index (χ2n) is 8.41. The summed E-state index contributed by atoms with van der Waals surface area (Å²) in [6.45, 7) is 3.85. The van der Waals surface area contributed by atoms with Gasteiger partial charge in [-0.1, -0.05) is 40.1 Å². The van der Waals surface area contributed by atoms with Crippen molar-refractivity contribution in [3.05, 3.63) is 63.1 Å². The van der Waals surface area contributed by atoms with Gasteiger partial charge in [-0.25, -0.2) is 4.39 Å². The molecule has 0 aliphatic carbocycles. The average molecular weight is 497 g/mol. The molecule has 0 atom stereocenters. The fraction of sp³-hybridized carbons (Fsp3) is 0.292. The molecule has 2 aromatic heterocycles. The van der Waals surface area contributed by atoms with Crippen LogP contribution in [0.4, 0.5) is 10.1 Å². The number of anilines is 1. The molecule has 5 rings (SSSR count). The lowest BCUT2D eigenvalue weighted by Gasteiger charge is -2.32. The van der Waals surface area contributed by atoms with Gasteiger partial charge in [0.1, 0.15) is 11.4 Å². The van der Waals surface area contributed by atoms with Crippen LogP contribution in [0.5, 0.6) is 0 Å². The summed E-state index contributed by atoms with van der Waals surface area (Å²) in [5.41, 5.74) is 1.88. The predicted molar refractivity (Wildman–Crippen MR) is 126 cm³/mol. The topological polar surface area (TPSA) is 64.2 Å². The van der Waals surface area contributed by atoms with E-state index in [2.05, 4.69) is 37.9 Å². The first-order valence-corrected chi connectivity index (χ1v) is 11.4. The molecule has 4 aromatic rings. The van der Waals surface area contributed by atoms with Crippen LogP contribution in [0.15, 0.2) is 56.4 Å². The number of rotatable bonds is 3. The standard InChI is InChI=1S/C24H22BrFN4O2/c1-14-6-8-30(9-7-14)21-12-20-17(11-19(21)26)22(31)18(13-29(20)2)24-27-23(28-32-24)15-4-3-5-16(25)10-15/h3-5,10-14H,6-9H2,1-2H3. The van der Waals surface area contributed by atoms with E-state index in [4.69, 9.17) is 4.52 Å². The smallest absolute Gasteiger partial charge is 0.263 e. The van der Waals surface area contributed by atoms with Crippen LogP contribution in [0.2, 0.25) is 0 Å². The molecule has 0 amide bonds. The molecule has 0 bridgehead atoms. The summed E-state index contributed by atoms with van der Waals surface area (Å²) in [5, 5.41) is 4.31. The molecule has 1 aliphatic rings. The Labute approximate surface area is 192 Å². The summed E-state index contributed by atoms with van der Waals surface area (Å²) in [6, 6.07) is 10.6. The second-order valence-corrected chi connectivity index (χ2v) is 9.32. The molecule has 6 nitrogen and oxygen atoms in total. The highest BCUT2D eigenvalue weighted by atomic mass is 79.9. The number of aromatic nitrogens is 3. The van der Waals surface area contributed by atoms with Crippen molar-refractivity contribution in [1.82, 2.24) is 14.7 Å². The van der Waals surface area contributed by atoms with Gasteiger partial charge in [0.2, 0.25) is 11.3 Å². The summed E-state index contributed by atoms with van der Waals surface area (Å²) in [5.74, 6) is 0.751. The maximum Gasteiger partial charge on any atom is 0.263 e. The van der Waals surface area contributed by atoms with Crippen LogP contribution >= 0.6 is 15.9 Å². The lowest BCUT2D eigenvalue weighted by molar-refractivity contribution is 0.432. The zero-order valence-electron chi connectivity index (χ0n) is 17.8. The van der Waals surface area contributed by atoms with Crippen molar-refractivity contribution in [3.63, 3.8) is 0 Å². The molecule has 32 heavy (non-hydrogen) atoms. The summed E-state index contributed by atoms with van der Waals surface area (Å²) >= 11 is 3.43. The van der Waals surface area contributed by atoms with Gasteiger partial charge in [0.05, 0.1) is 11.2 Å². The first-order chi connectivity index (χ1) is 15.4. The van der Waals surface area contributed by atoms with Crippen LogP contribution < -0.4 is 10.3 Å². The minimum atomic E-state index is -0.387. The van der Waals surface area contributed by atoms with Gasteiger partial charge in [0, 0.05) is 41.8 Å². The molecule has 1 aliphatic heterocycles. The monoisotopic (exact) mass is 496 g/mol. The Morgan fingerprint density at radius 2 is 1.97 bits per heavy atom. The van der Waals surface area contributed by atoms with Gasteiger partial charge >= 0.3 is 0 Å². The van der Waals surface area contributed by atoms with Gasteiger partial charge < -0.3 is 14.0 Å². The molecule has 0 N–H and O–H groups in total. The van der Waals surface area contributed by atoms with E-state index in [1.165, 1.54) is 6.07 Å². The SMILES string of the molecule is CC1CCN(c2cc3c(cc2F)c(=O)c(-c2nc(-c4cccc(Br)c4)no2)cn3C)CC1. The van der Waals surface area contributed by atoms with Crippen LogP contribution in [-0.2, 0) is 7.05 Å². The van der Waals surface area contributed by atoms with Crippen molar-refractivity contribution < 1.29 is 8.91 Å². The van der Waals surface area contributed by atoms with Gasteiger partial charge in [-0.2, -0.15) is 4.98 Å². The van der Waals surface area contributed by atoms with Crippen molar-refractivity contribution in [3.8, 4) is 22.8 Å². The maximum absolute atomic E-state index is 15.1. The number of halogens is 2. The maximum atomic E-state index is 15.1. The zero-order valence-corrected chi connectivity index (χ0v) is 19.4. The summed E-state index contributed by atoms with van der Waals surface area (Å²) in [7, 11) is 1.83. The Morgan fingerprint density at radius 3 is 2.72 bits per heavy atom. The molecule has 0 radical (unpaired) electrons.